The van der Waals surface area contributed by atoms with Crippen molar-refractivity contribution in [3.05, 3.63) is 11.4 Å². The number of carbonyl (C=O) groups excluding carboxylic acids is 1. The molecule has 0 saturated heterocycles. The van der Waals surface area contributed by atoms with Gasteiger partial charge in [0.05, 0.1) is 5.69 Å². The summed E-state index contributed by atoms with van der Waals surface area (Å²) in [6.45, 7) is 3.55. The molecule has 0 radical (unpaired) electrons. The molecule has 4 nitrogen and oxygen atoms in total. The van der Waals surface area contributed by atoms with E-state index in [4.69, 9.17) is 0 Å². The Labute approximate surface area is 92.6 Å². The molecule has 0 N–H and O–H groups in total. The number of aromatic nitrogens is 3. The first-order chi connectivity index (χ1) is 7.54. The molecule has 0 bridgehead atoms. The van der Waals surface area contributed by atoms with Gasteiger partial charge in [0.1, 0.15) is 12.2 Å². The highest BCUT2D eigenvalue weighted by atomic mass is 19.3. The SMILES string of the molecule is CC(C)CCc1c(C=O)nnn1CC(F)F. The number of nitrogens with zero attached hydrogens (tertiary/aromatic N) is 3. The van der Waals surface area contributed by atoms with Crippen LogP contribution in [0, 0.1) is 5.92 Å². The molecule has 0 fully saturated rings. The van der Waals surface area contributed by atoms with E-state index in [1.54, 1.807) is 0 Å². The van der Waals surface area contributed by atoms with Crippen LogP contribution in [0.5, 0.6) is 0 Å². The van der Waals surface area contributed by atoms with E-state index in [9.17, 15) is 13.6 Å². The lowest BCUT2D eigenvalue weighted by atomic mass is 10.1. The molecule has 1 heterocycles. The summed E-state index contributed by atoms with van der Waals surface area (Å²) in [6.07, 6.45) is -0.563. The highest BCUT2D eigenvalue weighted by Crippen LogP contribution is 2.12. The number of aldehydes is 1. The Balaban J connectivity index is 2.83. The second-order valence-electron chi connectivity index (χ2n) is 4.04. The maximum Gasteiger partial charge on any atom is 0.257 e. The molecule has 0 aromatic carbocycles. The molecule has 6 heteroatoms. The number of alkyl halides is 2. The van der Waals surface area contributed by atoms with Crippen molar-refractivity contribution in [2.24, 2.45) is 5.92 Å². The number of hydrogen-bond donors (Lipinski definition) is 0. The lowest BCUT2D eigenvalue weighted by Gasteiger charge is -2.07. The van der Waals surface area contributed by atoms with Crippen LogP contribution in [0.15, 0.2) is 0 Å². The van der Waals surface area contributed by atoms with Gasteiger partial charge in [0, 0.05) is 0 Å². The zero-order chi connectivity index (χ0) is 12.1. The predicted octanol–water partition coefficient (Wildman–Crippen LogP) is 1.94. The van der Waals surface area contributed by atoms with Gasteiger partial charge in [-0.25, -0.2) is 13.5 Å². The first-order valence-corrected chi connectivity index (χ1v) is 5.20. The van der Waals surface area contributed by atoms with Crippen LogP contribution in [-0.2, 0) is 13.0 Å². The molecule has 1 aromatic rings. The van der Waals surface area contributed by atoms with Crippen molar-refractivity contribution >= 4 is 6.29 Å². The number of carbonyl (C=O) groups is 1. The first-order valence-electron chi connectivity index (χ1n) is 5.20. The molecule has 0 amide bonds. The standard InChI is InChI=1S/C10H15F2N3O/c1-7(2)3-4-9-8(6-16)13-14-15(9)5-10(11)12/h6-7,10H,3-5H2,1-2H3. The maximum atomic E-state index is 12.2. The molecule has 1 rings (SSSR count). The zero-order valence-corrected chi connectivity index (χ0v) is 9.36. The minimum absolute atomic E-state index is 0.168. The minimum atomic E-state index is -2.49. The van der Waals surface area contributed by atoms with E-state index >= 15 is 0 Å². The van der Waals surface area contributed by atoms with E-state index in [-0.39, 0.29) is 5.69 Å². The van der Waals surface area contributed by atoms with Gasteiger partial charge in [-0.05, 0) is 18.8 Å². The predicted molar refractivity (Wildman–Crippen MR) is 54.6 cm³/mol. The Morgan fingerprint density at radius 1 is 1.44 bits per heavy atom. The van der Waals surface area contributed by atoms with Gasteiger partial charge in [0.15, 0.2) is 6.29 Å². The fourth-order valence-corrected chi connectivity index (χ4v) is 1.40. The van der Waals surface area contributed by atoms with Crippen molar-refractivity contribution in [1.29, 1.82) is 0 Å². The Kier molecular flexibility index (Phi) is 4.52. The van der Waals surface area contributed by atoms with E-state index < -0.39 is 13.0 Å². The summed E-state index contributed by atoms with van der Waals surface area (Å²) in [7, 11) is 0. The van der Waals surface area contributed by atoms with Crippen molar-refractivity contribution in [2.45, 2.75) is 39.7 Å². The van der Waals surface area contributed by atoms with Gasteiger partial charge in [0.2, 0.25) is 0 Å². The van der Waals surface area contributed by atoms with E-state index in [1.807, 2.05) is 13.8 Å². The fraction of sp³-hybridized carbons (Fsp3) is 0.700. The van der Waals surface area contributed by atoms with Crippen molar-refractivity contribution in [3.63, 3.8) is 0 Å². The molecular formula is C10H15F2N3O. The lowest BCUT2D eigenvalue weighted by Crippen LogP contribution is -2.12. The maximum absolute atomic E-state index is 12.2. The average molecular weight is 231 g/mol. The summed E-state index contributed by atoms with van der Waals surface area (Å²) in [5.41, 5.74) is 0.672. The Bertz CT molecular complexity index is 350. The third kappa shape index (κ3) is 3.36. The van der Waals surface area contributed by atoms with Gasteiger partial charge >= 0.3 is 0 Å². The molecule has 0 spiro atoms. The van der Waals surface area contributed by atoms with Crippen molar-refractivity contribution in [3.8, 4) is 0 Å². The van der Waals surface area contributed by atoms with E-state index in [0.29, 0.717) is 24.3 Å². The first kappa shape index (κ1) is 12.7. The number of rotatable bonds is 6. The third-order valence-electron chi connectivity index (χ3n) is 2.25. The minimum Gasteiger partial charge on any atom is -0.296 e. The van der Waals surface area contributed by atoms with Crippen molar-refractivity contribution < 1.29 is 13.6 Å². The smallest absolute Gasteiger partial charge is 0.257 e. The largest absolute Gasteiger partial charge is 0.296 e. The molecule has 0 aliphatic heterocycles. The molecule has 90 valence electrons. The van der Waals surface area contributed by atoms with Crippen LogP contribution in [0.1, 0.15) is 36.5 Å². The number of hydrogen-bond acceptors (Lipinski definition) is 3. The topological polar surface area (TPSA) is 47.8 Å². The van der Waals surface area contributed by atoms with Crippen LogP contribution in [0.2, 0.25) is 0 Å². The van der Waals surface area contributed by atoms with Crippen LogP contribution in [0.3, 0.4) is 0 Å². The fourth-order valence-electron chi connectivity index (χ4n) is 1.40. The number of halogens is 2. The van der Waals surface area contributed by atoms with Gasteiger partial charge in [-0.1, -0.05) is 19.1 Å². The molecule has 0 saturated carbocycles. The van der Waals surface area contributed by atoms with E-state index in [0.717, 1.165) is 11.1 Å². The van der Waals surface area contributed by atoms with Gasteiger partial charge in [-0.15, -0.1) is 5.10 Å². The molecule has 0 unspecified atom stereocenters. The second-order valence-corrected chi connectivity index (χ2v) is 4.04. The molecule has 0 atom stereocenters. The summed E-state index contributed by atoms with van der Waals surface area (Å²) < 4.78 is 25.6. The molecule has 16 heavy (non-hydrogen) atoms. The van der Waals surface area contributed by atoms with Crippen molar-refractivity contribution in [1.82, 2.24) is 15.0 Å². The van der Waals surface area contributed by atoms with Crippen LogP contribution >= 0.6 is 0 Å². The molecule has 0 aliphatic rings. The summed E-state index contributed by atoms with van der Waals surface area (Å²) in [5, 5.41) is 7.14. The van der Waals surface area contributed by atoms with Crippen LogP contribution in [0.25, 0.3) is 0 Å². The van der Waals surface area contributed by atoms with Crippen molar-refractivity contribution in [2.75, 3.05) is 0 Å². The Morgan fingerprint density at radius 2 is 2.12 bits per heavy atom. The summed E-state index contributed by atoms with van der Waals surface area (Å²) in [6, 6.07) is 0. The lowest BCUT2D eigenvalue weighted by molar-refractivity contribution is 0.111. The zero-order valence-electron chi connectivity index (χ0n) is 9.36. The van der Waals surface area contributed by atoms with Gasteiger partial charge < -0.3 is 0 Å². The second kappa shape index (κ2) is 5.67. The van der Waals surface area contributed by atoms with Crippen LogP contribution < -0.4 is 0 Å². The third-order valence-corrected chi connectivity index (χ3v) is 2.25. The summed E-state index contributed by atoms with van der Waals surface area (Å²) >= 11 is 0. The van der Waals surface area contributed by atoms with Crippen LogP contribution in [0.4, 0.5) is 8.78 Å². The van der Waals surface area contributed by atoms with E-state index in [2.05, 4.69) is 10.3 Å². The molecule has 1 aromatic heterocycles. The van der Waals surface area contributed by atoms with Gasteiger partial charge in [-0.3, -0.25) is 4.79 Å². The average Bonchev–Trinajstić information content (AvgIpc) is 2.56. The Morgan fingerprint density at radius 3 is 2.62 bits per heavy atom. The summed E-state index contributed by atoms with van der Waals surface area (Å²) in [4.78, 5) is 10.7. The Hall–Kier alpha value is -1.33. The van der Waals surface area contributed by atoms with Crippen LogP contribution in [-0.4, -0.2) is 27.7 Å². The van der Waals surface area contributed by atoms with Gasteiger partial charge in [0.25, 0.3) is 6.43 Å². The quantitative estimate of drug-likeness (QED) is 0.703. The normalized spacial score (nSPS) is 11.4. The van der Waals surface area contributed by atoms with Gasteiger partial charge in [-0.2, -0.15) is 0 Å². The monoisotopic (exact) mass is 231 g/mol. The van der Waals surface area contributed by atoms with E-state index in [1.165, 1.54) is 0 Å². The summed E-state index contributed by atoms with van der Waals surface area (Å²) in [5.74, 6) is 0.439. The highest BCUT2D eigenvalue weighted by Gasteiger charge is 2.15. The molecular weight excluding hydrogens is 216 g/mol. The molecule has 0 aliphatic carbocycles. The highest BCUT2D eigenvalue weighted by molar-refractivity contribution is 5.73.